The Morgan fingerprint density at radius 1 is 1.17 bits per heavy atom. The average Bonchev–Trinajstić information content (AvgIpc) is 2.30. The van der Waals surface area contributed by atoms with Crippen molar-refractivity contribution < 1.29 is 9.47 Å². The highest BCUT2D eigenvalue weighted by Gasteiger charge is 2.23. The van der Waals surface area contributed by atoms with Gasteiger partial charge in [-0.25, -0.2) is 0 Å². The van der Waals surface area contributed by atoms with Gasteiger partial charge in [0.25, 0.3) is 0 Å². The molecule has 1 unspecified atom stereocenters. The molecular formula is C15H25NO2. The summed E-state index contributed by atoms with van der Waals surface area (Å²) in [5, 5.41) is 0. The molecule has 0 bridgehead atoms. The summed E-state index contributed by atoms with van der Waals surface area (Å²) in [5.74, 6) is 0.912. The van der Waals surface area contributed by atoms with E-state index >= 15 is 0 Å². The number of rotatable bonds is 5. The first kappa shape index (κ1) is 15.0. The number of nitrogens with two attached hydrogens (primary N) is 1. The Morgan fingerprint density at radius 3 is 2.28 bits per heavy atom. The lowest BCUT2D eigenvalue weighted by Gasteiger charge is -2.27. The second-order valence-electron chi connectivity index (χ2n) is 5.45. The molecule has 0 heterocycles. The van der Waals surface area contributed by atoms with Gasteiger partial charge in [-0.3, -0.25) is 0 Å². The molecule has 0 saturated heterocycles. The largest absolute Gasteiger partial charge is 0.496 e. The maximum Gasteiger partial charge on any atom is 0.122 e. The zero-order valence-corrected chi connectivity index (χ0v) is 12.3. The third-order valence-electron chi connectivity index (χ3n) is 3.45. The normalized spacial score (nSPS) is 13.5. The molecule has 1 aromatic carbocycles. The van der Waals surface area contributed by atoms with E-state index in [1.54, 1.807) is 14.2 Å². The van der Waals surface area contributed by atoms with E-state index in [1.807, 2.05) is 13.0 Å². The van der Waals surface area contributed by atoms with Crippen LogP contribution >= 0.6 is 0 Å². The third-order valence-corrected chi connectivity index (χ3v) is 3.45. The van der Waals surface area contributed by atoms with Crippen LogP contribution in [0.15, 0.2) is 12.1 Å². The quantitative estimate of drug-likeness (QED) is 0.874. The van der Waals surface area contributed by atoms with E-state index in [0.717, 1.165) is 23.3 Å². The first-order valence-electron chi connectivity index (χ1n) is 6.26. The summed E-state index contributed by atoms with van der Waals surface area (Å²) in [4.78, 5) is 0. The summed E-state index contributed by atoms with van der Waals surface area (Å²) in [6.45, 7) is 8.21. The highest BCUT2D eigenvalue weighted by molar-refractivity contribution is 5.42. The molecular weight excluding hydrogens is 226 g/mol. The second kappa shape index (κ2) is 5.72. The van der Waals surface area contributed by atoms with Crippen molar-refractivity contribution >= 4 is 0 Å². The van der Waals surface area contributed by atoms with Crippen LogP contribution in [-0.2, 0) is 4.74 Å². The smallest absolute Gasteiger partial charge is 0.122 e. The van der Waals surface area contributed by atoms with Gasteiger partial charge in [-0.2, -0.15) is 0 Å². The topological polar surface area (TPSA) is 44.5 Å². The van der Waals surface area contributed by atoms with E-state index in [-0.39, 0.29) is 11.6 Å². The van der Waals surface area contributed by atoms with Crippen LogP contribution in [0.5, 0.6) is 5.75 Å². The molecule has 1 aromatic rings. The standard InChI is InChI=1S/C15H25NO2/c1-10-8-14(17-5)11(2)7-12(10)13(16)9-15(3,4)18-6/h7-8,13H,9,16H2,1-6H3. The average molecular weight is 251 g/mol. The Balaban J connectivity index is 2.99. The van der Waals surface area contributed by atoms with E-state index in [0.29, 0.717) is 0 Å². The lowest BCUT2D eigenvalue weighted by Crippen LogP contribution is -2.29. The number of hydrogen-bond acceptors (Lipinski definition) is 3. The van der Waals surface area contributed by atoms with Crippen molar-refractivity contribution in [1.82, 2.24) is 0 Å². The third kappa shape index (κ3) is 3.47. The van der Waals surface area contributed by atoms with Gasteiger partial charge in [0.2, 0.25) is 0 Å². The van der Waals surface area contributed by atoms with E-state index in [2.05, 4.69) is 26.8 Å². The molecule has 0 amide bonds. The van der Waals surface area contributed by atoms with Gasteiger partial charge in [-0.05, 0) is 56.9 Å². The lowest BCUT2D eigenvalue weighted by molar-refractivity contribution is 0.00991. The Kier molecular flexibility index (Phi) is 4.77. The van der Waals surface area contributed by atoms with Crippen molar-refractivity contribution in [2.75, 3.05) is 14.2 Å². The lowest BCUT2D eigenvalue weighted by atomic mass is 9.90. The molecule has 18 heavy (non-hydrogen) atoms. The van der Waals surface area contributed by atoms with Gasteiger partial charge in [0.15, 0.2) is 0 Å². The van der Waals surface area contributed by atoms with E-state index in [9.17, 15) is 0 Å². The molecule has 0 spiro atoms. The van der Waals surface area contributed by atoms with Crippen molar-refractivity contribution in [3.63, 3.8) is 0 Å². The van der Waals surface area contributed by atoms with E-state index in [4.69, 9.17) is 15.2 Å². The predicted molar refractivity (Wildman–Crippen MR) is 75.1 cm³/mol. The van der Waals surface area contributed by atoms with Crippen LogP contribution < -0.4 is 10.5 Å². The van der Waals surface area contributed by atoms with Crippen LogP contribution in [0, 0.1) is 13.8 Å². The summed E-state index contributed by atoms with van der Waals surface area (Å²) < 4.78 is 10.8. The summed E-state index contributed by atoms with van der Waals surface area (Å²) in [7, 11) is 3.41. The van der Waals surface area contributed by atoms with Gasteiger partial charge in [-0.15, -0.1) is 0 Å². The summed E-state index contributed by atoms with van der Waals surface area (Å²) in [6, 6.07) is 4.14. The molecule has 0 aromatic heterocycles. The minimum atomic E-state index is -0.209. The van der Waals surface area contributed by atoms with Gasteiger partial charge in [0.1, 0.15) is 5.75 Å². The fraction of sp³-hybridized carbons (Fsp3) is 0.600. The predicted octanol–water partition coefficient (Wildman–Crippen LogP) is 3.13. The molecule has 2 N–H and O–H groups in total. The van der Waals surface area contributed by atoms with Crippen LogP contribution in [0.2, 0.25) is 0 Å². The minimum absolute atomic E-state index is 0.0236. The van der Waals surface area contributed by atoms with Crippen molar-refractivity contribution in [1.29, 1.82) is 0 Å². The second-order valence-corrected chi connectivity index (χ2v) is 5.45. The van der Waals surface area contributed by atoms with E-state index in [1.165, 1.54) is 5.56 Å². The van der Waals surface area contributed by atoms with Gasteiger partial charge >= 0.3 is 0 Å². The number of benzene rings is 1. The first-order valence-corrected chi connectivity index (χ1v) is 6.26. The van der Waals surface area contributed by atoms with Crippen molar-refractivity contribution in [2.24, 2.45) is 5.73 Å². The van der Waals surface area contributed by atoms with Crippen LogP contribution in [-0.4, -0.2) is 19.8 Å². The highest BCUT2D eigenvalue weighted by Crippen LogP contribution is 2.30. The monoisotopic (exact) mass is 251 g/mol. The van der Waals surface area contributed by atoms with Crippen LogP contribution in [0.1, 0.15) is 43.0 Å². The summed E-state index contributed by atoms with van der Waals surface area (Å²) in [5.41, 5.74) is 9.53. The molecule has 3 nitrogen and oxygen atoms in total. The van der Waals surface area contributed by atoms with E-state index < -0.39 is 0 Å². The maximum absolute atomic E-state index is 6.30. The Labute approximate surface area is 110 Å². The summed E-state index contributed by atoms with van der Waals surface area (Å²) in [6.07, 6.45) is 0.788. The van der Waals surface area contributed by atoms with Crippen molar-refractivity contribution in [3.8, 4) is 5.75 Å². The minimum Gasteiger partial charge on any atom is -0.496 e. The molecule has 0 radical (unpaired) electrons. The molecule has 1 atom stereocenters. The number of aryl methyl sites for hydroxylation is 2. The molecule has 0 fully saturated rings. The molecule has 102 valence electrons. The number of ether oxygens (including phenoxy) is 2. The molecule has 0 aliphatic heterocycles. The first-order chi connectivity index (χ1) is 8.30. The fourth-order valence-corrected chi connectivity index (χ4v) is 2.15. The Bertz CT molecular complexity index is 413. The zero-order valence-electron chi connectivity index (χ0n) is 12.3. The molecule has 0 aliphatic carbocycles. The SMILES string of the molecule is COc1cc(C)c(C(N)CC(C)(C)OC)cc1C. The van der Waals surface area contributed by atoms with Crippen LogP contribution in [0.25, 0.3) is 0 Å². The molecule has 1 rings (SSSR count). The van der Waals surface area contributed by atoms with Crippen LogP contribution in [0.3, 0.4) is 0 Å². The Morgan fingerprint density at radius 2 is 1.78 bits per heavy atom. The molecule has 3 heteroatoms. The van der Waals surface area contributed by atoms with Gasteiger partial charge < -0.3 is 15.2 Å². The maximum atomic E-state index is 6.30. The Hall–Kier alpha value is -1.06. The highest BCUT2D eigenvalue weighted by atomic mass is 16.5. The number of methoxy groups -OCH3 is 2. The summed E-state index contributed by atoms with van der Waals surface area (Å²) >= 11 is 0. The van der Waals surface area contributed by atoms with Gasteiger partial charge in [0.05, 0.1) is 12.7 Å². The van der Waals surface area contributed by atoms with Gasteiger partial charge in [-0.1, -0.05) is 6.07 Å². The van der Waals surface area contributed by atoms with Crippen molar-refractivity contribution in [2.45, 2.75) is 45.8 Å². The zero-order chi connectivity index (χ0) is 13.9. The molecule has 0 saturated carbocycles. The number of hydrogen-bond donors (Lipinski definition) is 1. The fourth-order valence-electron chi connectivity index (χ4n) is 2.15. The van der Waals surface area contributed by atoms with Crippen molar-refractivity contribution in [3.05, 3.63) is 28.8 Å². The molecule has 0 aliphatic rings. The van der Waals surface area contributed by atoms with Crippen LogP contribution in [0.4, 0.5) is 0 Å². The van der Waals surface area contributed by atoms with Gasteiger partial charge in [0, 0.05) is 13.2 Å².